The third kappa shape index (κ3) is 1.44. The Balaban J connectivity index is 2.23. The van der Waals surface area contributed by atoms with Gasteiger partial charge >= 0.3 is 5.97 Å². The lowest BCUT2D eigenvalue weighted by Crippen LogP contribution is -2.40. The molecule has 0 saturated carbocycles. The second kappa shape index (κ2) is 3.50. The van der Waals surface area contributed by atoms with Crippen molar-refractivity contribution in [2.45, 2.75) is 26.2 Å². The van der Waals surface area contributed by atoms with Gasteiger partial charge in [-0.3, -0.25) is 0 Å². The monoisotopic (exact) mass is 194 g/mol. The number of benzene rings is 1. The van der Waals surface area contributed by atoms with Crippen LogP contribution < -0.4 is 9.47 Å². The van der Waals surface area contributed by atoms with Gasteiger partial charge in [0.2, 0.25) is 0 Å². The summed E-state index contributed by atoms with van der Waals surface area (Å²) in [4.78, 5) is 0. The quantitative estimate of drug-likeness (QED) is 0.740. The van der Waals surface area contributed by atoms with E-state index in [9.17, 15) is 0 Å². The minimum absolute atomic E-state index is 0.571. The maximum absolute atomic E-state index is 5.64. The Kier molecular flexibility index (Phi) is 2.33. The first-order chi connectivity index (χ1) is 6.79. The average molecular weight is 194 g/mol. The minimum atomic E-state index is -0.904. The van der Waals surface area contributed by atoms with Crippen LogP contribution in [0.1, 0.15) is 20.3 Å². The van der Waals surface area contributed by atoms with Gasteiger partial charge in [-0.05, 0) is 19.1 Å². The summed E-state index contributed by atoms with van der Waals surface area (Å²) in [7, 11) is 0. The Morgan fingerprint density at radius 1 is 1.14 bits per heavy atom. The highest BCUT2D eigenvalue weighted by Crippen LogP contribution is 2.40. The number of ether oxygens (including phenoxy) is 3. The molecule has 1 aliphatic heterocycles. The van der Waals surface area contributed by atoms with E-state index < -0.39 is 5.97 Å². The van der Waals surface area contributed by atoms with Crippen molar-refractivity contribution >= 4 is 0 Å². The van der Waals surface area contributed by atoms with Gasteiger partial charge in [-0.15, -0.1) is 0 Å². The van der Waals surface area contributed by atoms with E-state index in [0.29, 0.717) is 13.0 Å². The molecule has 0 unspecified atom stereocenters. The van der Waals surface area contributed by atoms with Crippen LogP contribution in [0, 0.1) is 0 Å². The molecule has 1 heterocycles. The third-order valence-electron chi connectivity index (χ3n) is 2.18. The van der Waals surface area contributed by atoms with Gasteiger partial charge in [-0.2, -0.15) is 0 Å². The van der Waals surface area contributed by atoms with Crippen LogP contribution in [0.5, 0.6) is 11.5 Å². The Bertz CT molecular complexity index is 297. The molecule has 76 valence electrons. The van der Waals surface area contributed by atoms with E-state index in [-0.39, 0.29) is 0 Å². The molecule has 1 aromatic rings. The molecular formula is C11H14O3. The topological polar surface area (TPSA) is 27.7 Å². The van der Waals surface area contributed by atoms with Gasteiger partial charge in [-0.25, -0.2) is 0 Å². The zero-order chi connectivity index (χ0) is 10.0. The van der Waals surface area contributed by atoms with Crippen LogP contribution in [0.15, 0.2) is 24.3 Å². The van der Waals surface area contributed by atoms with Crippen molar-refractivity contribution < 1.29 is 14.2 Å². The Labute approximate surface area is 83.6 Å². The summed E-state index contributed by atoms with van der Waals surface area (Å²) in [6, 6.07) is 7.59. The molecule has 14 heavy (non-hydrogen) atoms. The van der Waals surface area contributed by atoms with E-state index in [4.69, 9.17) is 14.2 Å². The zero-order valence-electron chi connectivity index (χ0n) is 8.45. The second-order valence-electron chi connectivity index (χ2n) is 3.12. The fourth-order valence-corrected chi connectivity index (χ4v) is 1.50. The molecule has 0 bridgehead atoms. The molecule has 0 fully saturated rings. The second-order valence-corrected chi connectivity index (χ2v) is 3.12. The molecule has 3 nitrogen and oxygen atoms in total. The first-order valence-corrected chi connectivity index (χ1v) is 4.90. The molecule has 1 aliphatic rings. The number of para-hydroxylation sites is 2. The van der Waals surface area contributed by atoms with E-state index in [2.05, 4.69) is 0 Å². The number of hydrogen-bond donors (Lipinski definition) is 0. The Morgan fingerprint density at radius 2 is 1.71 bits per heavy atom. The lowest BCUT2D eigenvalue weighted by atomic mass is 10.3. The molecule has 0 saturated heterocycles. The fourth-order valence-electron chi connectivity index (χ4n) is 1.50. The molecule has 1 aromatic carbocycles. The van der Waals surface area contributed by atoms with Crippen LogP contribution in [-0.4, -0.2) is 12.6 Å². The van der Waals surface area contributed by atoms with Gasteiger partial charge in [0, 0.05) is 0 Å². The number of hydrogen-bond acceptors (Lipinski definition) is 3. The average Bonchev–Trinajstić information content (AvgIpc) is 2.57. The minimum Gasteiger partial charge on any atom is -0.426 e. The SMILES string of the molecule is CCOC1(CC)Oc2ccccc2O1. The van der Waals surface area contributed by atoms with Crippen molar-refractivity contribution in [3.8, 4) is 11.5 Å². The predicted octanol–water partition coefficient (Wildman–Crippen LogP) is 2.56. The summed E-state index contributed by atoms with van der Waals surface area (Å²) in [6.45, 7) is 4.47. The van der Waals surface area contributed by atoms with Gasteiger partial charge in [0.1, 0.15) is 0 Å². The first-order valence-electron chi connectivity index (χ1n) is 4.90. The summed E-state index contributed by atoms with van der Waals surface area (Å²) in [5.41, 5.74) is 0. The predicted molar refractivity (Wildman–Crippen MR) is 52.3 cm³/mol. The first kappa shape index (κ1) is 9.34. The van der Waals surface area contributed by atoms with Crippen molar-refractivity contribution in [1.82, 2.24) is 0 Å². The standard InChI is InChI=1S/C11H14O3/c1-3-11(12-4-2)13-9-7-5-6-8-10(9)14-11/h5-8H,3-4H2,1-2H3. The van der Waals surface area contributed by atoms with E-state index in [1.165, 1.54) is 0 Å². The van der Waals surface area contributed by atoms with Crippen LogP contribution in [-0.2, 0) is 4.74 Å². The van der Waals surface area contributed by atoms with Crippen molar-refractivity contribution in [3.63, 3.8) is 0 Å². The summed E-state index contributed by atoms with van der Waals surface area (Å²) < 4.78 is 16.8. The smallest absolute Gasteiger partial charge is 0.371 e. The molecule has 2 rings (SSSR count). The summed E-state index contributed by atoms with van der Waals surface area (Å²) in [5.74, 6) is 0.601. The zero-order valence-corrected chi connectivity index (χ0v) is 8.45. The lowest BCUT2D eigenvalue weighted by molar-refractivity contribution is -0.281. The van der Waals surface area contributed by atoms with Crippen LogP contribution in [0.2, 0.25) is 0 Å². The molecule has 0 spiro atoms. The van der Waals surface area contributed by atoms with Gasteiger partial charge < -0.3 is 14.2 Å². The summed E-state index contributed by atoms with van der Waals surface area (Å²) in [6.07, 6.45) is 0.662. The van der Waals surface area contributed by atoms with Gasteiger partial charge in [-0.1, -0.05) is 19.1 Å². The van der Waals surface area contributed by atoms with E-state index in [0.717, 1.165) is 11.5 Å². The highest BCUT2D eigenvalue weighted by Gasteiger charge is 2.40. The van der Waals surface area contributed by atoms with E-state index in [1.807, 2.05) is 38.1 Å². The number of fused-ring (bicyclic) bond motifs is 1. The molecule has 0 amide bonds. The van der Waals surface area contributed by atoms with Gasteiger partial charge in [0.25, 0.3) is 0 Å². The largest absolute Gasteiger partial charge is 0.426 e. The number of rotatable bonds is 3. The highest BCUT2D eigenvalue weighted by molar-refractivity contribution is 5.42. The summed E-state index contributed by atoms with van der Waals surface area (Å²) in [5, 5.41) is 0. The Hall–Kier alpha value is -1.22. The van der Waals surface area contributed by atoms with Crippen LogP contribution in [0.25, 0.3) is 0 Å². The van der Waals surface area contributed by atoms with Crippen LogP contribution in [0.4, 0.5) is 0 Å². The molecule has 0 aromatic heterocycles. The molecule has 0 atom stereocenters. The Morgan fingerprint density at radius 3 is 2.14 bits per heavy atom. The van der Waals surface area contributed by atoms with Crippen molar-refractivity contribution in [2.24, 2.45) is 0 Å². The lowest BCUT2D eigenvalue weighted by Gasteiger charge is -2.24. The molecule has 0 N–H and O–H groups in total. The van der Waals surface area contributed by atoms with Crippen molar-refractivity contribution in [3.05, 3.63) is 24.3 Å². The normalized spacial score (nSPS) is 17.0. The molecule has 0 aliphatic carbocycles. The van der Waals surface area contributed by atoms with Gasteiger partial charge in [0.05, 0.1) is 13.0 Å². The van der Waals surface area contributed by atoms with E-state index >= 15 is 0 Å². The molecular weight excluding hydrogens is 180 g/mol. The fraction of sp³-hybridized carbons (Fsp3) is 0.455. The van der Waals surface area contributed by atoms with Crippen LogP contribution >= 0.6 is 0 Å². The maximum atomic E-state index is 5.64. The van der Waals surface area contributed by atoms with E-state index in [1.54, 1.807) is 0 Å². The van der Waals surface area contributed by atoms with Crippen LogP contribution in [0.3, 0.4) is 0 Å². The third-order valence-corrected chi connectivity index (χ3v) is 2.18. The van der Waals surface area contributed by atoms with Gasteiger partial charge in [0.15, 0.2) is 11.5 Å². The summed E-state index contributed by atoms with van der Waals surface area (Å²) >= 11 is 0. The molecule has 3 heteroatoms. The highest BCUT2D eigenvalue weighted by atomic mass is 16.9. The van der Waals surface area contributed by atoms with Crippen molar-refractivity contribution in [1.29, 1.82) is 0 Å². The maximum Gasteiger partial charge on any atom is 0.371 e. The molecule has 0 radical (unpaired) electrons. The van der Waals surface area contributed by atoms with Crippen molar-refractivity contribution in [2.75, 3.05) is 6.61 Å².